The zero-order valence-corrected chi connectivity index (χ0v) is 9.09. The summed E-state index contributed by atoms with van der Waals surface area (Å²) in [7, 11) is 0. The number of hydrogen-bond acceptors (Lipinski definition) is 4. The van der Waals surface area contributed by atoms with Gasteiger partial charge >= 0.3 is 6.18 Å². The van der Waals surface area contributed by atoms with Gasteiger partial charge in [0.2, 0.25) is 0 Å². The van der Waals surface area contributed by atoms with Crippen LogP contribution in [0.2, 0.25) is 0 Å². The molecule has 0 radical (unpaired) electrons. The lowest BCUT2D eigenvalue weighted by Crippen LogP contribution is -2.15. The summed E-state index contributed by atoms with van der Waals surface area (Å²) in [5.41, 5.74) is 5.57. The number of nitrogen functional groups attached to an aromatic ring is 1. The van der Waals surface area contributed by atoms with Gasteiger partial charge in [0, 0.05) is 18.5 Å². The maximum absolute atomic E-state index is 12.0. The van der Waals surface area contributed by atoms with Gasteiger partial charge in [0.05, 0.1) is 6.42 Å². The number of aromatic nitrogens is 2. The van der Waals surface area contributed by atoms with E-state index in [4.69, 9.17) is 5.73 Å². The fourth-order valence-electron chi connectivity index (χ4n) is 1.43. The third-order valence-corrected chi connectivity index (χ3v) is 2.42. The topological polar surface area (TPSA) is 63.8 Å². The minimum absolute atomic E-state index is 0.204. The number of nitrogens with zero attached hydrogens (tertiary/aromatic N) is 2. The monoisotopic (exact) mass is 246 g/mol. The Labute approximate surface area is 96.4 Å². The molecule has 1 aromatic rings. The second kappa shape index (κ2) is 4.38. The Morgan fingerprint density at radius 2 is 2.06 bits per heavy atom. The van der Waals surface area contributed by atoms with Crippen molar-refractivity contribution < 1.29 is 13.2 Å². The zero-order chi connectivity index (χ0) is 12.5. The van der Waals surface area contributed by atoms with Gasteiger partial charge in [-0.15, -0.1) is 0 Å². The average Bonchev–Trinajstić information content (AvgIpc) is 2.97. The molecule has 1 aliphatic carbocycles. The van der Waals surface area contributed by atoms with Crippen LogP contribution in [0.15, 0.2) is 6.07 Å². The van der Waals surface area contributed by atoms with E-state index in [0.717, 1.165) is 12.8 Å². The van der Waals surface area contributed by atoms with Crippen molar-refractivity contribution in [2.24, 2.45) is 0 Å². The Bertz CT molecular complexity index is 401. The van der Waals surface area contributed by atoms with E-state index in [-0.39, 0.29) is 12.4 Å². The minimum Gasteiger partial charge on any atom is -0.384 e. The predicted octanol–water partition coefficient (Wildman–Crippen LogP) is 2.30. The van der Waals surface area contributed by atoms with Crippen molar-refractivity contribution in [3.8, 4) is 0 Å². The number of halogens is 3. The summed E-state index contributed by atoms with van der Waals surface area (Å²) in [4.78, 5) is 8.20. The smallest absolute Gasteiger partial charge is 0.384 e. The van der Waals surface area contributed by atoms with Crippen LogP contribution in [-0.4, -0.2) is 22.7 Å². The van der Waals surface area contributed by atoms with E-state index in [9.17, 15) is 13.2 Å². The van der Waals surface area contributed by atoms with Crippen molar-refractivity contribution in [2.45, 2.75) is 31.4 Å². The molecular formula is C10H13F3N4. The van der Waals surface area contributed by atoms with E-state index in [0.29, 0.717) is 17.6 Å². The van der Waals surface area contributed by atoms with E-state index in [1.165, 1.54) is 6.07 Å². The normalized spacial score (nSPS) is 15.9. The molecule has 1 aromatic heterocycles. The van der Waals surface area contributed by atoms with Crippen molar-refractivity contribution >= 4 is 11.6 Å². The number of hydrogen-bond donors (Lipinski definition) is 2. The third kappa shape index (κ3) is 3.76. The summed E-state index contributed by atoms with van der Waals surface area (Å²) >= 11 is 0. The van der Waals surface area contributed by atoms with Crippen LogP contribution in [0.25, 0.3) is 0 Å². The number of nitrogens with two attached hydrogens (primary N) is 1. The molecule has 2 rings (SSSR count). The number of nitrogens with one attached hydrogen (secondary N) is 1. The molecule has 0 aliphatic heterocycles. The molecule has 0 amide bonds. The van der Waals surface area contributed by atoms with Crippen molar-refractivity contribution in [3.63, 3.8) is 0 Å². The SMILES string of the molecule is Nc1cc(NCCC(F)(F)F)nc(C2CC2)n1. The van der Waals surface area contributed by atoms with Crippen molar-refractivity contribution in [3.05, 3.63) is 11.9 Å². The first kappa shape index (κ1) is 11.9. The van der Waals surface area contributed by atoms with Crippen molar-refractivity contribution in [2.75, 3.05) is 17.6 Å². The van der Waals surface area contributed by atoms with Gasteiger partial charge in [-0.3, -0.25) is 0 Å². The van der Waals surface area contributed by atoms with Crippen LogP contribution in [0.5, 0.6) is 0 Å². The molecule has 1 fully saturated rings. The average molecular weight is 246 g/mol. The van der Waals surface area contributed by atoms with Gasteiger partial charge in [-0.05, 0) is 12.8 Å². The van der Waals surface area contributed by atoms with Crippen LogP contribution < -0.4 is 11.1 Å². The maximum atomic E-state index is 12.0. The molecule has 1 aliphatic rings. The number of rotatable bonds is 4. The Hall–Kier alpha value is -1.53. The van der Waals surface area contributed by atoms with E-state index in [2.05, 4.69) is 15.3 Å². The highest BCUT2D eigenvalue weighted by molar-refractivity contribution is 5.45. The molecule has 94 valence electrons. The predicted molar refractivity (Wildman–Crippen MR) is 57.6 cm³/mol. The first-order valence-electron chi connectivity index (χ1n) is 5.39. The standard InChI is InChI=1S/C10H13F3N4/c11-10(12,13)3-4-15-8-5-7(14)16-9(17-8)6-1-2-6/h5-6H,1-4H2,(H3,14,15,16,17). The largest absolute Gasteiger partial charge is 0.390 e. The fraction of sp³-hybridized carbons (Fsp3) is 0.600. The highest BCUT2D eigenvalue weighted by Gasteiger charge is 2.28. The Morgan fingerprint density at radius 1 is 1.35 bits per heavy atom. The van der Waals surface area contributed by atoms with Gasteiger partial charge in [-0.25, -0.2) is 9.97 Å². The Balaban J connectivity index is 1.95. The van der Waals surface area contributed by atoms with E-state index >= 15 is 0 Å². The molecule has 0 aromatic carbocycles. The first-order valence-corrected chi connectivity index (χ1v) is 5.39. The van der Waals surface area contributed by atoms with Gasteiger partial charge < -0.3 is 11.1 Å². The second-order valence-corrected chi connectivity index (χ2v) is 4.10. The summed E-state index contributed by atoms with van der Waals surface area (Å²) in [6.45, 7) is -0.204. The lowest BCUT2D eigenvalue weighted by molar-refractivity contribution is -0.131. The number of anilines is 2. The van der Waals surface area contributed by atoms with E-state index in [1.54, 1.807) is 0 Å². The lowest BCUT2D eigenvalue weighted by atomic mass is 10.3. The summed E-state index contributed by atoms with van der Waals surface area (Å²) in [6, 6.07) is 1.45. The van der Waals surface area contributed by atoms with Crippen LogP contribution in [-0.2, 0) is 0 Å². The lowest BCUT2D eigenvalue weighted by Gasteiger charge is -2.09. The quantitative estimate of drug-likeness (QED) is 0.855. The molecule has 1 heterocycles. The highest BCUT2D eigenvalue weighted by Crippen LogP contribution is 2.38. The molecular weight excluding hydrogens is 233 g/mol. The van der Waals surface area contributed by atoms with Crippen LogP contribution >= 0.6 is 0 Å². The second-order valence-electron chi connectivity index (χ2n) is 4.10. The molecule has 3 N–H and O–H groups in total. The molecule has 0 spiro atoms. The molecule has 1 saturated carbocycles. The summed E-state index contributed by atoms with van der Waals surface area (Å²) in [5, 5.41) is 2.61. The molecule has 0 unspecified atom stereocenters. The fourth-order valence-corrected chi connectivity index (χ4v) is 1.43. The van der Waals surface area contributed by atoms with Crippen molar-refractivity contribution in [1.29, 1.82) is 0 Å². The molecule has 0 atom stereocenters. The summed E-state index contributed by atoms with van der Waals surface area (Å²) < 4.78 is 35.9. The van der Waals surface area contributed by atoms with Crippen LogP contribution in [0, 0.1) is 0 Å². The van der Waals surface area contributed by atoms with Gasteiger partial charge in [-0.2, -0.15) is 13.2 Å². The zero-order valence-electron chi connectivity index (χ0n) is 9.09. The molecule has 0 bridgehead atoms. The van der Waals surface area contributed by atoms with E-state index < -0.39 is 12.6 Å². The van der Waals surface area contributed by atoms with Gasteiger partial charge in [0.1, 0.15) is 17.5 Å². The van der Waals surface area contributed by atoms with Crippen LogP contribution in [0.1, 0.15) is 31.0 Å². The Morgan fingerprint density at radius 3 is 2.65 bits per heavy atom. The third-order valence-electron chi connectivity index (χ3n) is 2.42. The van der Waals surface area contributed by atoms with Crippen LogP contribution in [0.4, 0.5) is 24.8 Å². The van der Waals surface area contributed by atoms with Gasteiger partial charge in [0.15, 0.2) is 0 Å². The first-order chi connectivity index (χ1) is 7.94. The minimum atomic E-state index is -4.16. The molecule has 7 heteroatoms. The van der Waals surface area contributed by atoms with Crippen LogP contribution in [0.3, 0.4) is 0 Å². The Kier molecular flexibility index (Phi) is 3.08. The summed E-state index contributed by atoms with van der Waals surface area (Å²) in [5.74, 6) is 1.60. The number of alkyl halides is 3. The van der Waals surface area contributed by atoms with E-state index in [1.807, 2.05) is 0 Å². The van der Waals surface area contributed by atoms with Gasteiger partial charge in [-0.1, -0.05) is 0 Å². The summed E-state index contributed by atoms with van der Waals surface area (Å²) in [6.07, 6.45) is -3.02. The molecule has 4 nitrogen and oxygen atoms in total. The highest BCUT2D eigenvalue weighted by atomic mass is 19.4. The molecule has 17 heavy (non-hydrogen) atoms. The maximum Gasteiger partial charge on any atom is 0.390 e. The van der Waals surface area contributed by atoms with Gasteiger partial charge in [0.25, 0.3) is 0 Å². The van der Waals surface area contributed by atoms with Crippen molar-refractivity contribution in [1.82, 2.24) is 9.97 Å². The molecule has 0 saturated heterocycles.